The molecule has 1 aromatic carbocycles. The second kappa shape index (κ2) is 10.5. The number of hydrogen-bond acceptors (Lipinski definition) is 3. The smallest absolute Gasteiger partial charge is 0.241 e. The number of carbonyl (C=O) groups is 1. The Labute approximate surface area is 133 Å². The molecule has 0 aliphatic rings. The van der Waals surface area contributed by atoms with Crippen molar-refractivity contribution in [3.05, 3.63) is 24.3 Å². The van der Waals surface area contributed by atoms with E-state index >= 15 is 0 Å². The summed E-state index contributed by atoms with van der Waals surface area (Å²) in [5.74, 6) is 0.789. The molecule has 0 aliphatic carbocycles. The van der Waals surface area contributed by atoms with Gasteiger partial charge in [-0.1, -0.05) is 39.7 Å². The summed E-state index contributed by atoms with van der Waals surface area (Å²) in [4.78, 5) is 12.0. The molecule has 0 bridgehead atoms. The first-order chi connectivity index (χ1) is 9.58. The topological polar surface area (TPSA) is 64.3 Å². The minimum Gasteiger partial charge on any atom is -0.494 e. The lowest BCUT2D eigenvalue weighted by Gasteiger charge is -2.18. The Balaban J connectivity index is 0.00000400. The lowest BCUT2D eigenvalue weighted by atomic mass is 9.99. The molecule has 2 atom stereocenters. The van der Waals surface area contributed by atoms with Crippen LogP contribution in [0.5, 0.6) is 5.75 Å². The molecular weight excluding hydrogens is 288 g/mol. The minimum atomic E-state index is -0.482. The number of anilines is 1. The lowest BCUT2D eigenvalue weighted by molar-refractivity contribution is -0.118. The zero-order valence-corrected chi connectivity index (χ0v) is 13.9. The largest absolute Gasteiger partial charge is 0.494 e. The van der Waals surface area contributed by atoms with Crippen molar-refractivity contribution in [2.45, 2.75) is 46.1 Å². The molecule has 2 unspecified atom stereocenters. The van der Waals surface area contributed by atoms with E-state index < -0.39 is 6.04 Å². The Morgan fingerprint density at radius 2 is 2.10 bits per heavy atom. The molecule has 0 aliphatic heterocycles. The standard InChI is InChI=1S/C16H26N2O2.ClH/c1-4-6-10-20-14-9-7-8-13(11-14)18-16(19)15(17)12(3)5-2;/h7-9,11-12,15H,4-6,10,17H2,1-3H3,(H,18,19);1H. The van der Waals surface area contributed by atoms with Crippen molar-refractivity contribution in [1.82, 2.24) is 0 Å². The maximum Gasteiger partial charge on any atom is 0.241 e. The first-order valence-electron chi connectivity index (χ1n) is 7.37. The lowest BCUT2D eigenvalue weighted by Crippen LogP contribution is -2.40. The van der Waals surface area contributed by atoms with E-state index in [-0.39, 0.29) is 24.2 Å². The van der Waals surface area contributed by atoms with Crippen molar-refractivity contribution >= 4 is 24.0 Å². The van der Waals surface area contributed by atoms with Crippen LogP contribution >= 0.6 is 12.4 Å². The molecule has 21 heavy (non-hydrogen) atoms. The number of hydrogen-bond donors (Lipinski definition) is 2. The zero-order chi connectivity index (χ0) is 15.0. The van der Waals surface area contributed by atoms with E-state index in [1.54, 1.807) is 0 Å². The number of nitrogens with one attached hydrogen (secondary N) is 1. The molecule has 1 aromatic rings. The number of unbranched alkanes of at least 4 members (excludes halogenated alkanes) is 1. The number of ether oxygens (including phenoxy) is 1. The van der Waals surface area contributed by atoms with E-state index in [9.17, 15) is 4.79 Å². The summed E-state index contributed by atoms with van der Waals surface area (Å²) in [6.07, 6.45) is 3.00. The summed E-state index contributed by atoms with van der Waals surface area (Å²) >= 11 is 0. The van der Waals surface area contributed by atoms with E-state index in [0.717, 1.165) is 30.7 Å². The van der Waals surface area contributed by atoms with Gasteiger partial charge in [-0.15, -0.1) is 12.4 Å². The van der Waals surface area contributed by atoms with Crippen molar-refractivity contribution < 1.29 is 9.53 Å². The average molecular weight is 315 g/mol. The molecule has 0 heterocycles. The van der Waals surface area contributed by atoms with E-state index in [4.69, 9.17) is 10.5 Å². The fourth-order valence-electron chi connectivity index (χ4n) is 1.74. The van der Waals surface area contributed by atoms with Gasteiger partial charge in [0.25, 0.3) is 0 Å². The third-order valence-corrected chi connectivity index (χ3v) is 3.43. The number of halogens is 1. The third kappa shape index (κ3) is 6.82. The van der Waals surface area contributed by atoms with E-state index in [1.807, 2.05) is 38.1 Å². The van der Waals surface area contributed by atoms with Crippen LogP contribution in [-0.2, 0) is 4.79 Å². The predicted molar refractivity (Wildman–Crippen MR) is 90.2 cm³/mol. The summed E-state index contributed by atoms with van der Waals surface area (Å²) in [7, 11) is 0. The van der Waals surface area contributed by atoms with Gasteiger partial charge in [-0.05, 0) is 24.5 Å². The number of benzene rings is 1. The van der Waals surface area contributed by atoms with Gasteiger partial charge in [0.1, 0.15) is 5.75 Å². The van der Waals surface area contributed by atoms with Gasteiger partial charge in [0, 0.05) is 11.8 Å². The molecule has 1 rings (SSSR count). The molecule has 4 nitrogen and oxygen atoms in total. The fraction of sp³-hybridized carbons (Fsp3) is 0.562. The second-order valence-electron chi connectivity index (χ2n) is 5.13. The third-order valence-electron chi connectivity index (χ3n) is 3.43. The normalized spacial score (nSPS) is 13.0. The van der Waals surface area contributed by atoms with Gasteiger partial charge in [0.15, 0.2) is 0 Å². The Morgan fingerprint density at radius 1 is 1.38 bits per heavy atom. The van der Waals surface area contributed by atoms with Gasteiger partial charge in [-0.3, -0.25) is 4.79 Å². The highest BCUT2D eigenvalue weighted by Crippen LogP contribution is 2.18. The highest BCUT2D eigenvalue weighted by atomic mass is 35.5. The highest BCUT2D eigenvalue weighted by Gasteiger charge is 2.19. The molecule has 0 fully saturated rings. The van der Waals surface area contributed by atoms with Crippen molar-refractivity contribution in [3.8, 4) is 5.75 Å². The van der Waals surface area contributed by atoms with Gasteiger partial charge in [-0.25, -0.2) is 0 Å². The van der Waals surface area contributed by atoms with Gasteiger partial charge in [0.2, 0.25) is 5.91 Å². The number of carbonyl (C=O) groups excluding carboxylic acids is 1. The second-order valence-corrected chi connectivity index (χ2v) is 5.13. The Hall–Kier alpha value is -1.26. The molecule has 1 amide bonds. The summed E-state index contributed by atoms with van der Waals surface area (Å²) in [5.41, 5.74) is 6.64. The molecular formula is C16H27ClN2O2. The summed E-state index contributed by atoms with van der Waals surface area (Å²) in [5, 5.41) is 2.84. The summed E-state index contributed by atoms with van der Waals surface area (Å²) in [6.45, 7) is 6.82. The number of nitrogens with two attached hydrogens (primary N) is 1. The highest BCUT2D eigenvalue weighted by molar-refractivity contribution is 5.95. The van der Waals surface area contributed by atoms with Crippen LogP contribution in [-0.4, -0.2) is 18.6 Å². The molecule has 0 radical (unpaired) electrons. The Morgan fingerprint density at radius 3 is 2.71 bits per heavy atom. The van der Waals surface area contributed by atoms with Crippen LogP contribution in [0.1, 0.15) is 40.0 Å². The monoisotopic (exact) mass is 314 g/mol. The van der Waals surface area contributed by atoms with Gasteiger partial charge in [0.05, 0.1) is 12.6 Å². The SMILES string of the molecule is CCCCOc1cccc(NC(=O)C(N)C(C)CC)c1.Cl. The van der Waals surface area contributed by atoms with Crippen LogP contribution < -0.4 is 15.8 Å². The van der Waals surface area contributed by atoms with Crippen molar-refractivity contribution in [2.24, 2.45) is 11.7 Å². The van der Waals surface area contributed by atoms with Crippen LogP contribution in [0, 0.1) is 5.92 Å². The van der Waals surface area contributed by atoms with Crippen molar-refractivity contribution in [3.63, 3.8) is 0 Å². The molecule has 0 aromatic heterocycles. The maximum atomic E-state index is 12.0. The van der Waals surface area contributed by atoms with Crippen LogP contribution in [0.15, 0.2) is 24.3 Å². The van der Waals surface area contributed by atoms with Crippen molar-refractivity contribution in [1.29, 1.82) is 0 Å². The summed E-state index contributed by atoms with van der Waals surface area (Å²) < 4.78 is 5.62. The maximum absolute atomic E-state index is 12.0. The predicted octanol–water partition coefficient (Wildman–Crippen LogP) is 3.60. The first kappa shape index (κ1) is 19.7. The Bertz CT molecular complexity index is 426. The van der Waals surface area contributed by atoms with Crippen LogP contribution in [0.3, 0.4) is 0 Å². The van der Waals surface area contributed by atoms with E-state index in [0.29, 0.717) is 6.61 Å². The first-order valence-corrected chi connectivity index (χ1v) is 7.37. The van der Waals surface area contributed by atoms with E-state index in [1.165, 1.54) is 0 Å². The van der Waals surface area contributed by atoms with Gasteiger partial charge >= 0.3 is 0 Å². The fourth-order valence-corrected chi connectivity index (χ4v) is 1.74. The van der Waals surface area contributed by atoms with Crippen molar-refractivity contribution in [2.75, 3.05) is 11.9 Å². The molecule has 0 saturated carbocycles. The minimum absolute atomic E-state index is 0. The van der Waals surface area contributed by atoms with Crippen LogP contribution in [0.4, 0.5) is 5.69 Å². The summed E-state index contributed by atoms with van der Waals surface area (Å²) in [6, 6.07) is 6.95. The molecule has 0 saturated heterocycles. The number of amides is 1. The molecule has 120 valence electrons. The average Bonchev–Trinajstić information content (AvgIpc) is 2.46. The van der Waals surface area contributed by atoms with Gasteiger partial charge < -0.3 is 15.8 Å². The quantitative estimate of drug-likeness (QED) is 0.721. The Kier molecular flexibility index (Phi) is 9.84. The zero-order valence-electron chi connectivity index (χ0n) is 13.1. The molecule has 3 N–H and O–H groups in total. The molecule has 5 heteroatoms. The molecule has 0 spiro atoms. The van der Waals surface area contributed by atoms with Crippen LogP contribution in [0.25, 0.3) is 0 Å². The van der Waals surface area contributed by atoms with Crippen LogP contribution in [0.2, 0.25) is 0 Å². The van der Waals surface area contributed by atoms with E-state index in [2.05, 4.69) is 12.2 Å². The van der Waals surface area contributed by atoms with Gasteiger partial charge in [-0.2, -0.15) is 0 Å². The number of rotatable bonds is 8.